The van der Waals surface area contributed by atoms with Crippen LogP contribution in [0.15, 0.2) is 205 Å². The zero-order valence-electron chi connectivity index (χ0n) is 31.9. The number of rotatable bonds is 5. The molecule has 0 saturated heterocycles. The third-order valence-electron chi connectivity index (χ3n) is 12.2. The Morgan fingerprint density at radius 1 is 0.328 bits per heavy atom. The minimum atomic E-state index is 1.14. The molecule has 0 unspecified atom stereocenters. The molecule has 0 aliphatic carbocycles. The van der Waals surface area contributed by atoms with Crippen molar-refractivity contribution in [2.75, 3.05) is 6.26 Å². The molecule has 0 spiro atoms. The van der Waals surface area contributed by atoms with Crippen LogP contribution in [0.2, 0.25) is 0 Å². The fourth-order valence-electron chi connectivity index (χ4n) is 9.73. The third kappa shape index (κ3) is 4.81. The van der Waals surface area contributed by atoms with Gasteiger partial charge in [0.1, 0.15) is 0 Å². The Kier molecular flexibility index (Phi) is 7.41. The maximum absolute atomic E-state index is 2.45. The van der Waals surface area contributed by atoms with E-state index in [4.69, 9.17) is 0 Å². The molecule has 2 nitrogen and oxygen atoms in total. The summed E-state index contributed by atoms with van der Waals surface area (Å²) in [4.78, 5) is 1.27. The normalized spacial score (nSPS) is 11.9. The fourth-order valence-corrected chi connectivity index (χ4v) is 10.2. The molecule has 0 atom stereocenters. The summed E-state index contributed by atoms with van der Waals surface area (Å²) in [5.74, 6) is 0. The molecule has 0 radical (unpaired) electrons. The lowest BCUT2D eigenvalue weighted by Gasteiger charge is -2.18. The van der Waals surface area contributed by atoms with Crippen LogP contribution in [0.25, 0.3) is 110 Å². The van der Waals surface area contributed by atoms with Crippen molar-refractivity contribution in [3.63, 3.8) is 0 Å². The van der Waals surface area contributed by atoms with Crippen molar-refractivity contribution in [1.82, 2.24) is 9.13 Å². The molecule has 272 valence electrons. The van der Waals surface area contributed by atoms with Gasteiger partial charge in [-0.25, -0.2) is 0 Å². The summed E-state index contributed by atoms with van der Waals surface area (Å²) in [6, 6.07) is 73.9. The van der Waals surface area contributed by atoms with Gasteiger partial charge in [-0.05, 0) is 115 Å². The minimum absolute atomic E-state index is 1.14. The predicted molar refractivity (Wildman–Crippen MR) is 250 cm³/mol. The van der Waals surface area contributed by atoms with Gasteiger partial charge in [-0.15, -0.1) is 11.8 Å². The summed E-state index contributed by atoms with van der Waals surface area (Å²) >= 11 is 1.79. The number of hydrogen-bond acceptors (Lipinski definition) is 1. The number of aromatic nitrogens is 2. The molecule has 58 heavy (non-hydrogen) atoms. The molecule has 0 bridgehead atoms. The smallest absolute Gasteiger partial charge is 0.0641 e. The van der Waals surface area contributed by atoms with E-state index in [1.165, 1.54) is 103 Å². The standard InChI is InChI=1S/C55H36N2S/c1-58-39-17-13-14-36(34-39)41-31-30-40(52-45-21-7-5-18-42(45)43-19-6-8-22-46(43)53(41)52)35-26-28-38(29-27-35)56-50-25-12-10-23-48(50)54-51(56)33-32-47-44-20-9-11-24-49(44)57(55(47)54)37-15-3-2-4-16-37/h2-34H,1H3. The zero-order chi connectivity index (χ0) is 38.3. The Hall–Kier alpha value is -7.07. The largest absolute Gasteiger partial charge is 0.309 e. The van der Waals surface area contributed by atoms with Gasteiger partial charge < -0.3 is 9.13 Å². The van der Waals surface area contributed by atoms with Gasteiger partial charge in [0.15, 0.2) is 0 Å². The summed E-state index contributed by atoms with van der Waals surface area (Å²) in [6.45, 7) is 0. The van der Waals surface area contributed by atoms with Crippen LogP contribution in [0.3, 0.4) is 0 Å². The lowest BCUT2D eigenvalue weighted by atomic mass is 9.85. The number of thioether (sulfide) groups is 1. The van der Waals surface area contributed by atoms with E-state index in [9.17, 15) is 0 Å². The molecule has 0 N–H and O–H groups in total. The summed E-state index contributed by atoms with van der Waals surface area (Å²) in [5, 5.41) is 12.8. The molecule has 0 amide bonds. The molecule has 0 aliphatic rings. The van der Waals surface area contributed by atoms with Gasteiger partial charge >= 0.3 is 0 Å². The number of benzene rings is 10. The summed E-state index contributed by atoms with van der Waals surface area (Å²) in [7, 11) is 0. The second kappa shape index (κ2) is 13.0. The average molecular weight is 757 g/mol. The van der Waals surface area contributed by atoms with E-state index in [2.05, 4.69) is 216 Å². The summed E-state index contributed by atoms with van der Waals surface area (Å²) in [6.07, 6.45) is 2.15. The molecule has 0 fully saturated rings. The summed E-state index contributed by atoms with van der Waals surface area (Å²) < 4.78 is 4.90. The molecular weight excluding hydrogens is 721 g/mol. The highest BCUT2D eigenvalue weighted by Crippen LogP contribution is 2.46. The Labute approximate surface area is 340 Å². The van der Waals surface area contributed by atoms with E-state index >= 15 is 0 Å². The van der Waals surface area contributed by atoms with Crippen LogP contribution in [0.5, 0.6) is 0 Å². The van der Waals surface area contributed by atoms with Crippen molar-refractivity contribution in [2.24, 2.45) is 0 Å². The maximum atomic E-state index is 2.45. The highest BCUT2D eigenvalue weighted by atomic mass is 32.2. The van der Waals surface area contributed by atoms with E-state index in [1.807, 2.05) is 0 Å². The second-order valence-corrected chi connectivity index (χ2v) is 16.1. The molecule has 12 aromatic rings. The molecule has 3 heteroatoms. The van der Waals surface area contributed by atoms with Crippen LogP contribution in [0.4, 0.5) is 0 Å². The number of fused-ring (bicyclic) bond motifs is 13. The van der Waals surface area contributed by atoms with Crippen molar-refractivity contribution in [1.29, 1.82) is 0 Å². The predicted octanol–water partition coefficient (Wildman–Crippen LogP) is 15.4. The van der Waals surface area contributed by atoms with Crippen LogP contribution >= 0.6 is 11.8 Å². The Balaban J connectivity index is 1.11. The van der Waals surface area contributed by atoms with Gasteiger partial charge in [-0.3, -0.25) is 0 Å². The van der Waals surface area contributed by atoms with E-state index in [0.29, 0.717) is 0 Å². The quantitative estimate of drug-likeness (QED) is 0.126. The Morgan fingerprint density at radius 2 is 0.879 bits per heavy atom. The van der Waals surface area contributed by atoms with E-state index in [-0.39, 0.29) is 0 Å². The van der Waals surface area contributed by atoms with Crippen molar-refractivity contribution in [2.45, 2.75) is 4.90 Å². The molecule has 0 saturated carbocycles. The lowest BCUT2D eigenvalue weighted by Crippen LogP contribution is -1.95. The lowest BCUT2D eigenvalue weighted by molar-refractivity contribution is 1.17. The molecule has 2 heterocycles. The first kappa shape index (κ1) is 33.1. The molecular formula is C55H36N2S. The first-order valence-electron chi connectivity index (χ1n) is 19.9. The number of para-hydroxylation sites is 3. The van der Waals surface area contributed by atoms with Crippen LogP contribution in [-0.2, 0) is 0 Å². The molecule has 10 aromatic carbocycles. The average Bonchev–Trinajstić information content (AvgIpc) is 3.82. The maximum Gasteiger partial charge on any atom is 0.0641 e. The van der Waals surface area contributed by atoms with Gasteiger partial charge in [0.05, 0.1) is 22.1 Å². The van der Waals surface area contributed by atoms with E-state index in [0.717, 1.165) is 11.4 Å². The van der Waals surface area contributed by atoms with Crippen molar-refractivity contribution in [3.8, 4) is 33.6 Å². The van der Waals surface area contributed by atoms with Crippen molar-refractivity contribution in [3.05, 3.63) is 200 Å². The highest BCUT2D eigenvalue weighted by molar-refractivity contribution is 7.98. The Bertz CT molecular complexity index is 3590. The Morgan fingerprint density at radius 3 is 1.55 bits per heavy atom. The van der Waals surface area contributed by atoms with Gasteiger partial charge in [-0.2, -0.15) is 0 Å². The van der Waals surface area contributed by atoms with Crippen molar-refractivity contribution >= 4 is 87.7 Å². The number of hydrogen-bond donors (Lipinski definition) is 0. The monoisotopic (exact) mass is 756 g/mol. The minimum Gasteiger partial charge on any atom is -0.309 e. The van der Waals surface area contributed by atoms with E-state index < -0.39 is 0 Å². The third-order valence-corrected chi connectivity index (χ3v) is 12.9. The molecule has 2 aromatic heterocycles. The fraction of sp³-hybridized carbons (Fsp3) is 0.0182. The van der Waals surface area contributed by atoms with Gasteiger partial charge in [0.2, 0.25) is 0 Å². The zero-order valence-corrected chi connectivity index (χ0v) is 32.7. The van der Waals surface area contributed by atoms with Crippen molar-refractivity contribution < 1.29 is 0 Å². The highest BCUT2D eigenvalue weighted by Gasteiger charge is 2.22. The molecule has 12 rings (SSSR count). The van der Waals surface area contributed by atoms with Gasteiger partial charge in [-0.1, -0.05) is 146 Å². The topological polar surface area (TPSA) is 9.86 Å². The molecule has 0 aliphatic heterocycles. The first-order valence-corrected chi connectivity index (χ1v) is 21.1. The van der Waals surface area contributed by atoms with Crippen LogP contribution < -0.4 is 0 Å². The van der Waals surface area contributed by atoms with Gasteiger partial charge in [0.25, 0.3) is 0 Å². The van der Waals surface area contributed by atoms with Crippen LogP contribution in [-0.4, -0.2) is 15.4 Å². The van der Waals surface area contributed by atoms with Gasteiger partial charge in [0, 0.05) is 37.8 Å². The first-order chi connectivity index (χ1) is 28.8. The SMILES string of the molecule is CSc1cccc(-c2ccc(-c3ccc(-n4c5ccccc5c5c4ccc4c6ccccc6n(-c6ccccc6)c45)cc3)c3c4ccccc4c4ccccc4c23)c1. The van der Waals surface area contributed by atoms with E-state index in [1.54, 1.807) is 11.8 Å². The van der Waals surface area contributed by atoms with Crippen LogP contribution in [0, 0.1) is 0 Å². The summed E-state index contributed by atoms with van der Waals surface area (Å²) in [5.41, 5.74) is 12.1. The number of nitrogens with zero attached hydrogens (tertiary/aromatic N) is 2. The van der Waals surface area contributed by atoms with Crippen LogP contribution in [0.1, 0.15) is 0 Å². The second-order valence-electron chi connectivity index (χ2n) is 15.2.